The van der Waals surface area contributed by atoms with Crippen LogP contribution in [0.1, 0.15) is 34.6 Å². The van der Waals surface area contributed by atoms with E-state index in [2.05, 4.69) is 85.0 Å². The van der Waals surface area contributed by atoms with Crippen LogP contribution in [0.15, 0.2) is 103 Å². The minimum absolute atomic E-state index is 0.249. The maximum Gasteiger partial charge on any atom is 0.113 e. The van der Waals surface area contributed by atoms with E-state index in [1.54, 1.807) is 0 Å². The Kier molecular flexibility index (Phi) is 3.50. The molecule has 2 aliphatic carbocycles. The average molecular weight is 330 g/mol. The molecule has 0 saturated carbocycles. The summed E-state index contributed by atoms with van der Waals surface area (Å²) in [6, 6.07) is 28.3. The van der Waals surface area contributed by atoms with Gasteiger partial charge in [-0.15, -0.1) is 0 Å². The van der Waals surface area contributed by atoms with Gasteiger partial charge in [-0.1, -0.05) is 103 Å². The molecular weight excluding hydrogens is 311 g/mol. The Balaban J connectivity index is 1.91. The van der Waals surface area contributed by atoms with E-state index in [9.17, 15) is 0 Å². The molecule has 3 aromatic rings. The van der Waals surface area contributed by atoms with Crippen molar-refractivity contribution in [2.45, 2.75) is 17.8 Å². The van der Waals surface area contributed by atoms with Gasteiger partial charge in [0.15, 0.2) is 0 Å². The average Bonchev–Trinajstić information content (AvgIpc) is 3.01. The summed E-state index contributed by atoms with van der Waals surface area (Å²) in [5.74, 6) is 0.439. The summed E-state index contributed by atoms with van der Waals surface area (Å²) in [7, 11) is 6.01. The number of hydrogen-bond donors (Lipinski definition) is 0. The fourth-order valence-electron chi connectivity index (χ4n) is 4.84. The monoisotopic (exact) mass is 330 g/mol. The van der Waals surface area contributed by atoms with Crippen molar-refractivity contribution in [3.05, 3.63) is 125 Å². The zero-order valence-corrected chi connectivity index (χ0v) is 14.6. The third-order valence-corrected chi connectivity index (χ3v) is 5.88. The first-order valence-electron chi connectivity index (χ1n) is 9.20. The van der Waals surface area contributed by atoms with Gasteiger partial charge in [-0.3, -0.25) is 0 Å². The molecule has 0 N–H and O–H groups in total. The minimum atomic E-state index is -0.249. The summed E-state index contributed by atoms with van der Waals surface area (Å²) in [5.41, 5.74) is 7.48. The Morgan fingerprint density at radius 1 is 0.769 bits per heavy atom. The molecule has 0 amide bonds. The van der Waals surface area contributed by atoms with Gasteiger partial charge in [0, 0.05) is 5.92 Å². The van der Waals surface area contributed by atoms with Crippen LogP contribution in [0, 0.1) is 0 Å². The standard InChI is InChI=1S/C25H19B/c26-20-16-14-19(15-17-20)25(18-8-2-1-3-9-18)23-12-6-4-10-21(23)22-11-5-7-13-24(22)25/h1-10,12-17,22H,11H2. The molecule has 2 atom stereocenters. The van der Waals surface area contributed by atoms with E-state index >= 15 is 0 Å². The molecule has 2 aliphatic rings. The summed E-state index contributed by atoms with van der Waals surface area (Å²) in [6.45, 7) is 0. The highest BCUT2D eigenvalue weighted by molar-refractivity contribution is 6.32. The molecule has 0 aliphatic heterocycles. The summed E-state index contributed by atoms with van der Waals surface area (Å²) in [4.78, 5) is 0. The van der Waals surface area contributed by atoms with E-state index in [4.69, 9.17) is 7.85 Å². The van der Waals surface area contributed by atoms with Crippen LogP contribution < -0.4 is 5.46 Å². The first-order chi connectivity index (χ1) is 12.8. The molecule has 3 aromatic carbocycles. The molecule has 122 valence electrons. The Labute approximate surface area is 156 Å². The fraction of sp³-hybridized carbons (Fsp3) is 0.120. The van der Waals surface area contributed by atoms with Crippen LogP contribution in [0.5, 0.6) is 0 Å². The van der Waals surface area contributed by atoms with E-state index < -0.39 is 0 Å². The van der Waals surface area contributed by atoms with Crippen LogP contribution in [-0.4, -0.2) is 7.85 Å². The van der Waals surface area contributed by atoms with Crippen LogP contribution in [0.2, 0.25) is 0 Å². The molecule has 0 bridgehead atoms. The molecule has 0 nitrogen and oxygen atoms in total. The molecule has 0 aromatic heterocycles. The second-order valence-corrected chi connectivity index (χ2v) is 7.16. The largest absolute Gasteiger partial charge is 0.113 e. The Morgan fingerprint density at radius 3 is 2.27 bits per heavy atom. The van der Waals surface area contributed by atoms with Gasteiger partial charge in [0.1, 0.15) is 7.85 Å². The maximum atomic E-state index is 6.01. The lowest BCUT2D eigenvalue weighted by Crippen LogP contribution is -2.30. The summed E-state index contributed by atoms with van der Waals surface area (Å²) in [5, 5.41) is 0. The molecule has 26 heavy (non-hydrogen) atoms. The lowest BCUT2D eigenvalue weighted by atomic mass is 9.66. The predicted octanol–water partition coefficient (Wildman–Crippen LogP) is 4.80. The number of hydrogen-bond acceptors (Lipinski definition) is 0. The molecule has 0 heterocycles. The zero-order chi connectivity index (χ0) is 17.6. The molecule has 2 unspecified atom stereocenters. The van der Waals surface area contributed by atoms with Crippen molar-refractivity contribution in [1.29, 1.82) is 0 Å². The van der Waals surface area contributed by atoms with Crippen molar-refractivity contribution in [2.75, 3.05) is 0 Å². The van der Waals surface area contributed by atoms with Gasteiger partial charge >= 0.3 is 0 Å². The first kappa shape index (κ1) is 15.5. The molecular formula is C25H19B. The number of rotatable bonds is 2. The smallest absolute Gasteiger partial charge is 0.0967 e. The van der Waals surface area contributed by atoms with Crippen LogP contribution >= 0.6 is 0 Å². The van der Waals surface area contributed by atoms with Crippen molar-refractivity contribution >= 4 is 13.3 Å². The summed E-state index contributed by atoms with van der Waals surface area (Å²) >= 11 is 0. The van der Waals surface area contributed by atoms with Crippen molar-refractivity contribution in [3.8, 4) is 0 Å². The number of benzene rings is 3. The number of allylic oxidation sites excluding steroid dienone is 4. The fourth-order valence-corrected chi connectivity index (χ4v) is 4.84. The highest BCUT2D eigenvalue weighted by Gasteiger charge is 2.49. The van der Waals surface area contributed by atoms with Crippen molar-refractivity contribution in [2.24, 2.45) is 0 Å². The molecule has 5 rings (SSSR count). The van der Waals surface area contributed by atoms with Crippen LogP contribution in [0.25, 0.3) is 0 Å². The van der Waals surface area contributed by atoms with Gasteiger partial charge in [0.05, 0.1) is 5.41 Å². The minimum Gasteiger partial charge on any atom is -0.0967 e. The highest BCUT2D eigenvalue weighted by Crippen LogP contribution is 2.58. The van der Waals surface area contributed by atoms with Crippen molar-refractivity contribution in [1.82, 2.24) is 0 Å². The lowest BCUT2D eigenvalue weighted by molar-refractivity contribution is 0.693. The Bertz CT molecular complexity index is 1010. The Hall–Kier alpha value is -2.80. The van der Waals surface area contributed by atoms with Gasteiger partial charge < -0.3 is 0 Å². The molecule has 2 radical (unpaired) electrons. The van der Waals surface area contributed by atoms with Gasteiger partial charge in [0.25, 0.3) is 0 Å². The third-order valence-electron chi connectivity index (χ3n) is 5.88. The second kappa shape index (κ2) is 5.88. The zero-order valence-electron chi connectivity index (χ0n) is 14.6. The predicted molar refractivity (Wildman–Crippen MR) is 109 cm³/mol. The quantitative estimate of drug-likeness (QED) is 0.592. The Morgan fingerprint density at radius 2 is 1.46 bits per heavy atom. The van der Waals surface area contributed by atoms with Crippen LogP contribution in [0.3, 0.4) is 0 Å². The molecule has 0 spiro atoms. The van der Waals surface area contributed by atoms with E-state index in [0.717, 1.165) is 11.9 Å². The van der Waals surface area contributed by atoms with Crippen LogP contribution in [0.4, 0.5) is 0 Å². The maximum absolute atomic E-state index is 6.01. The molecule has 0 fully saturated rings. The summed E-state index contributed by atoms with van der Waals surface area (Å²) < 4.78 is 0. The van der Waals surface area contributed by atoms with Gasteiger partial charge in [-0.2, -0.15) is 0 Å². The van der Waals surface area contributed by atoms with E-state index in [-0.39, 0.29) is 5.41 Å². The van der Waals surface area contributed by atoms with E-state index in [0.29, 0.717) is 5.92 Å². The van der Waals surface area contributed by atoms with Crippen molar-refractivity contribution < 1.29 is 0 Å². The highest BCUT2D eigenvalue weighted by atomic mass is 14.5. The topological polar surface area (TPSA) is 0 Å². The van der Waals surface area contributed by atoms with E-state index in [1.807, 2.05) is 12.1 Å². The first-order valence-corrected chi connectivity index (χ1v) is 9.20. The SMILES string of the molecule is [B]c1ccc(C2(c3ccccc3)C3=CC=CCC3c3ccccc32)cc1. The van der Waals surface area contributed by atoms with Gasteiger partial charge in [0.2, 0.25) is 0 Å². The van der Waals surface area contributed by atoms with Gasteiger partial charge in [-0.05, 0) is 34.2 Å². The van der Waals surface area contributed by atoms with Gasteiger partial charge in [-0.25, -0.2) is 0 Å². The number of fused-ring (bicyclic) bond motifs is 3. The summed E-state index contributed by atoms with van der Waals surface area (Å²) in [6.07, 6.45) is 7.89. The van der Waals surface area contributed by atoms with E-state index in [1.165, 1.54) is 27.8 Å². The van der Waals surface area contributed by atoms with Crippen LogP contribution in [-0.2, 0) is 5.41 Å². The molecule has 1 heteroatoms. The normalized spacial score (nSPS) is 23.2. The second-order valence-electron chi connectivity index (χ2n) is 7.16. The van der Waals surface area contributed by atoms with Crippen molar-refractivity contribution in [3.63, 3.8) is 0 Å². The third kappa shape index (κ3) is 2.04. The molecule has 0 saturated heterocycles. The lowest BCUT2D eigenvalue weighted by Gasteiger charge is -2.36.